The van der Waals surface area contributed by atoms with Crippen molar-refractivity contribution in [3.8, 4) is 5.75 Å². The van der Waals surface area contributed by atoms with Crippen LogP contribution in [0.5, 0.6) is 5.75 Å². The molecule has 18 heavy (non-hydrogen) atoms. The zero-order valence-electron chi connectivity index (χ0n) is 10.2. The van der Waals surface area contributed by atoms with Gasteiger partial charge in [-0.05, 0) is 43.5 Å². The van der Waals surface area contributed by atoms with Crippen molar-refractivity contribution in [2.45, 2.75) is 31.1 Å². The maximum Gasteiger partial charge on any atom is 0.339 e. The van der Waals surface area contributed by atoms with E-state index in [0.717, 1.165) is 17.1 Å². The van der Waals surface area contributed by atoms with Gasteiger partial charge in [0.25, 0.3) is 0 Å². The number of hydrogen-bond donors (Lipinski definition) is 0. The summed E-state index contributed by atoms with van der Waals surface area (Å²) in [6.45, 7) is 1.81. The Kier molecular flexibility index (Phi) is 4.07. The van der Waals surface area contributed by atoms with Gasteiger partial charge in [0, 0.05) is 22.3 Å². The highest BCUT2D eigenvalue weighted by Gasteiger charge is 2.24. The van der Waals surface area contributed by atoms with Gasteiger partial charge in [-0.2, -0.15) is 8.42 Å². The van der Waals surface area contributed by atoms with Gasteiger partial charge in [0.1, 0.15) is 10.6 Å². The zero-order chi connectivity index (χ0) is 13.2. The minimum absolute atomic E-state index is 0.241. The van der Waals surface area contributed by atoms with Crippen LogP contribution in [0.3, 0.4) is 0 Å². The van der Waals surface area contributed by atoms with E-state index in [9.17, 15) is 12.6 Å². The molecule has 0 amide bonds. The summed E-state index contributed by atoms with van der Waals surface area (Å²) in [4.78, 5) is 0.241. The van der Waals surface area contributed by atoms with Gasteiger partial charge in [0.15, 0.2) is 0 Å². The van der Waals surface area contributed by atoms with Crippen molar-refractivity contribution >= 4 is 20.9 Å². The van der Waals surface area contributed by atoms with Crippen molar-refractivity contribution < 1.29 is 16.8 Å². The van der Waals surface area contributed by atoms with Gasteiger partial charge in [0.05, 0.1) is 0 Å². The largest absolute Gasteiger partial charge is 0.379 e. The first kappa shape index (κ1) is 13.5. The number of fused-ring (bicyclic) bond motifs is 3. The van der Waals surface area contributed by atoms with Crippen molar-refractivity contribution in [3.63, 3.8) is 0 Å². The van der Waals surface area contributed by atoms with Crippen LogP contribution in [0.1, 0.15) is 24.8 Å². The molecule has 4 rings (SSSR count). The van der Waals surface area contributed by atoms with Gasteiger partial charge in [-0.3, -0.25) is 4.21 Å². The Hall–Kier alpha value is -0.880. The second kappa shape index (κ2) is 5.40. The maximum absolute atomic E-state index is 11.0. The fourth-order valence-electron chi connectivity index (χ4n) is 1.84. The van der Waals surface area contributed by atoms with Crippen LogP contribution in [-0.4, -0.2) is 24.1 Å². The van der Waals surface area contributed by atoms with E-state index in [0.29, 0.717) is 5.75 Å². The molecule has 6 heteroatoms. The van der Waals surface area contributed by atoms with Crippen LogP contribution in [0, 0.1) is 6.92 Å². The minimum Gasteiger partial charge on any atom is -0.379 e. The predicted molar refractivity (Wildman–Crippen MR) is 70.7 cm³/mol. The molecule has 0 radical (unpaired) electrons. The van der Waals surface area contributed by atoms with Gasteiger partial charge in [-0.1, -0.05) is 6.42 Å². The summed E-state index contributed by atoms with van der Waals surface area (Å²) in [5.74, 6) is 2.35. The SMILES string of the molecule is Cc1cc2ccc1OS2(=O)=O.O=S1CCCCC1. The smallest absolute Gasteiger partial charge is 0.339 e. The van der Waals surface area contributed by atoms with Crippen LogP contribution in [0.25, 0.3) is 0 Å². The summed E-state index contributed by atoms with van der Waals surface area (Å²) < 4.78 is 37.3. The lowest BCUT2D eigenvalue weighted by Gasteiger charge is -2.15. The highest BCUT2D eigenvalue weighted by atomic mass is 32.2. The fourth-order valence-corrected chi connectivity index (χ4v) is 4.17. The Morgan fingerprint density at radius 1 is 1.17 bits per heavy atom. The Morgan fingerprint density at radius 2 is 1.83 bits per heavy atom. The van der Waals surface area contributed by atoms with Crippen LogP contribution in [0.2, 0.25) is 0 Å². The highest BCUT2D eigenvalue weighted by molar-refractivity contribution is 7.87. The quantitative estimate of drug-likeness (QED) is 0.685. The molecular formula is C12H16O4S2. The topological polar surface area (TPSA) is 60.4 Å². The van der Waals surface area contributed by atoms with E-state index in [2.05, 4.69) is 4.18 Å². The van der Waals surface area contributed by atoms with Crippen molar-refractivity contribution in [2.24, 2.45) is 0 Å². The molecule has 4 nitrogen and oxygen atoms in total. The third-order valence-corrected chi connectivity index (χ3v) is 5.60. The first-order chi connectivity index (χ1) is 8.49. The molecule has 0 aromatic heterocycles. The normalized spacial score (nSPS) is 20.7. The summed E-state index contributed by atoms with van der Waals surface area (Å²) in [6, 6.07) is 4.81. The van der Waals surface area contributed by atoms with Crippen LogP contribution >= 0.6 is 0 Å². The highest BCUT2D eigenvalue weighted by Crippen LogP contribution is 2.30. The summed E-state index contributed by atoms with van der Waals surface area (Å²) in [5.41, 5.74) is 0.859. The van der Waals surface area contributed by atoms with Gasteiger partial charge < -0.3 is 4.18 Å². The van der Waals surface area contributed by atoms with E-state index in [4.69, 9.17) is 0 Å². The number of benzene rings is 1. The Labute approximate surface area is 110 Å². The number of hydrogen-bond acceptors (Lipinski definition) is 4. The van der Waals surface area contributed by atoms with Crippen LogP contribution in [0.15, 0.2) is 23.1 Å². The molecule has 1 fully saturated rings. The van der Waals surface area contributed by atoms with Crippen molar-refractivity contribution in [1.29, 1.82) is 0 Å². The number of rotatable bonds is 0. The predicted octanol–water partition coefficient (Wildman–Crippen LogP) is 2.00. The molecule has 3 aliphatic heterocycles. The van der Waals surface area contributed by atoms with Gasteiger partial charge in [0.2, 0.25) is 0 Å². The Balaban J connectivity index is 0.000000149. The van der Waals surface area contributed by atoms with E-state index in [1.54, 1.807) is 18.2 Å². The summed E-state index contributed by atoms with van der Waals surface area (Å²) in [5, 5.41) is 0. The Bertz CT molecular complexity index is 555. The number of aryl methyl sites for hydroxylation is 1. The molecule has 1 aromatic rings. The first-order valence-electron chi connectivity index (χ1n) is 5.89. The summed E-state index contributed by atoms with van der Waals surface area (Å²) >= 11 is 0. The van der Waals surface area contributed by atoms with E-state index in [-0.39, 0.29) is 4.90 Å². The van der Waals surface area contributed by atoms with Gasteiger partial charge in [-0.15, -0.1) is 0 Å². The standard InChI is InChI=1S/C7H6O3S.C5H10OS/c1-5-4-6-2-3-7(5)10-11(6,8)9;6-7-4-2-1-3-5-7/h2-4H,1H3;1-5H2. The zero-order valence-corrected chi connectivity index (χ0v) is 11.9. The monoisotopic (exact) mass is 288 g/mol. The van der Waals surface area contributed by atoms with E-state index in [1.165, 1.54) is 19.3 Å². The van der Waals surface area contributed by atoms with Crippen LogP contribution in [0.4, 0.5) is 0 Å². The molecule has 0 saturated carbocycles. The average molecular weight is 288 g/mol. The molecule has 0 spiro atoms. The molecule has 0 unspecified atom stereocenters. The third-order valence-electron chi connectivity index (χ3n) is 2.88. The van der Waals surface area contributed by atoms with Gasteiger partial charge >= 0.3 is 10.1 Å². The van der Waals surface area contributed by atoms with E-state index in [1.807, 2.05) is 6.92 Å². The van der Waals surface area contributed by atoms with E-state index >= 15 is 0 Å². The van der Waals surface area contributed by atoms with Crippen LogP contribution < -0.4 is 4.18 Å². The lowest BCUT2D eigenvalue weighted by Crippen LogP contribution is -2.15. The molecule has 2 bridgehead atoms. The van der Waals surface area contributed by atoms with Crippen molar-refractivity contribution in [1.82, 2.24) is 0 Å². The second-order valence-electron chi connectivity index (χ2n) is 4.37. The first-order valence-corrected chi connectivity index (χ1v) is 8.79. The molecule has 0 N–H and O–H groups in total. The third kappa shape index (κ3) is 3.11. The second-order valence-corrected chi connectivity index (χ2v) is 7.62. The van der Waals surface area contributed by atoms with Gasteiger partial charge in [-0.25, -0.2) is 0 Å². The Morgan fingerprint density at radius 3 is 2.11 bits per heavy atom. The molecule has 1 saturated heterocycles. The molecule has 100 valence electrons. The minimum atomic E-state index is -3.44. The summed E-state index contributed by atoms with van der Waals surface area (Å²) in [7, 11) is -3.88. The average Bonchev–Trinajstić information content (AvgIpc) is 2.32. The lowest BCUT2D eigenvalue weighted by atomic mass is 10.2. The molecule has 3 aliphatic rings. The van der Waals surface area contributed by atoms with Crippen LogP contribution in [-0.2, 0) is 20.9 Å². The maximum atomic E-state index is 11.0. The molecular weight excluding hydrogens is 272 g/mol. The molecule has 3 heterocycles. The fraction of sp³-hybridized carbons (Fsp3) is 0.500. The molecule has 0 atom stereocenters. The van der Waals surface area contributed by atoms with E-state index < -0.39 is 20.9 Å². The van der Waals surface area contributed by atoms with Crippen molar-refractivity contribution in [3.05, 3.63) is 23.8 Å². The van der Waals surface area contributed by atoms with Crippen molar-refractivity contribution in [2.75, 3.05) is 11.5 Å². The summed E-state index contributed by atoms with van der Waals surface area (Å²) in [6.07, 6.45) is 3.67. The molecule has 0 aliphatic carbocycles. The molecule has 1 aromatic carbocycles. The lowest BCUT2D eigenvalue weighted by molar-refractivity contribution is 0.475.